The topological polar surface area (TPSA) is 44.5 Å². The van der Waals surface area contributed by atoms with Crippen LogP contribution in [-0.4, -0.2) is 25.9 Å². The molecule has 0 bridgehead atoms. The Morgan fingerprint density at radius 1 is 1.38 bits per heavy atom. The predicted octanol–water partition coefficient (Wildman–Crippen LogP) is 1.99. The number of benzene rings is 1. The van der Waals surface area contributed by atoms with Crippen LogP contribution in [0.2, 0.25) is 0 Å². The summed E-state index contributed by atoms with van der Waals surface area (Å²) in [5, 5.41) is 0. The van der Waals surface area contributed by atoms with Crippen molar-refractivity contribution in [2.24, 2.45) is 5.73 Å². The standard InChI is InChI=1S/C13H21NO2/c1-4-16-10-13(2,14)9-11-6-5-7-12(8-11)15-3/h5-8H,4,9-10,14H2,1-3H3. The zero-order valence-corrected chi connectivity index (χ0v) is 10.3. The number of methoxy groups -OCH3 is 1. The van der Waals surface area contributed by atoms with Crippen molar-refractivity contribution in [2.45, 2.75) is 25.8 Å². The highest BCUT2D eigenvalue weighted by Crippen LogP contribution is 2.17. The van der Waals surface area contributed by atoms with Gasteiger partial charge in [0.05, 0.1) is 13.7 Å². The molecule has 0 radical (unpaired) electrons. The Labute approximate surface area is 97.6 Å². The van der Waals surface area contributed by atoms with Gasteiger partial charge in [0.25, 0.3) is 0 Å². The molecule has 0 aliphatic rings. The Kier molecular flexibility index (Phi) is 4.77. The van der Waals surface area contributed by atoms with Gasteiger partial charge in [-0.25, -0.2) is 0 Å². The van der Waals surface area contributed by atoms with Gasteiger partial charge in [-0.05, 0) is 38.0 Å². The van der Waals surface area contributed by atoms with Gasteiger partial charge in [-0.1, -0.05) is 12.1 Å². The molecule has 3 nitrogen and oxygen atoms in total. The van der Waals surface area contributed by atoms with Crippen LogP contribution in [0.1, 0.15) is 19.4 Å². The average Bonchev–Trinajstić information content (AvgIpc) is 2.26. The summed E-state index contributed by atoms with van der Waals surface area (Å²) in [6.07, 6.45) is 0.782. The van der Waals surface area contributed by atoms with Gasteiger partial charge >= 0.3 is 0 Å². The lowest BCUT2D eigenvalue weighted by Crippen LogP contribution is -2.43. The third kappa shape index (κ3) is 4.21. The first-order chi connectivity index (χ1) is 7.57. The van der Waals surface area contributed by atoms with E-state index < -0.39 is 0 Å². The highest BCUT2D eigenvalue weighted by atomic mass is 16.5. The first-order valence-electron chi connectivity index (χ1n) is 5.57. The van der Waals surface area contributed by atoms with Gasteiger partial charge < -0.3 is 15.2 Å². The van der Waals surface area contributed by atoms with Crippen molar-refractivity contribution in [3.05, 3.63) is 29.8 Å². The maximum absolute atomic E-state index is 6.16. The summed E-state index contributed by atoms with van der Waals surface area (Å²) in [6.45, 7) is 5.25. The second kappa shape index (κ2) is 5.87. The summed E-state index contributed by atoms with van der Waals surface area (Å²) >= 11 is 0. The van der Waals surface area contributed by atoms with Crippen LogP contribution in [0.4, 0.5) is 0 Å². The lowest BCUT2D eigenvalue weighted by atomic mass is 9.95. The molecule has 1 aromatic carbocycles. The Hall–Kier alpha value is -1.06. The van der Waals surface area contributed by atoms with Gasteiger partial charge in [-0.2, -0.15) is 0 Å². The molecule has 0 saturated heterocycles. The minimum atomic E-state index is -0.331. The number of hydrogen-bond donors (Lipinski definition) is 1. The van der Waals surface area contributed by atoms with E-state index in [1.54, 1.807) is 7.11 Å². The van der Waals surface area contributed by atoms with Crippen LogP contribution < -0.4 is 10.5 Å². The third-order valence-corrected chi connectivity index (χ3v) is 2.38. The minimum absolute atomic E-state index is 0.331. The Bertz CT molecular complexity index is 323. The van der Waals surface area contributed by atoms with Gasteiger partial charge in [0, 0.05) is 12.1 Å². The first-order valence-corrected chi connectivity index (χ1v) is 5.57. The fraction of sp³-hybridized carbons (Fsp3) is 0.538. The molecular weight excluding hydrogens is 202 g/mol. The molecule has 1 aromatic rings. The molecule has 0 fully saturated rings. The van der Waals surface area contributed by atoms with Crippen LogP contribution in [0.3, 0.4) is 0 Å². The lowest BCUT2D eigenvalue weighted by Gasteiger charge is -2.24. The first kappa shape index (κ1) is 13.0. The normalized spacial score (nSPS) is 14.5. The van der Waals surface area contributed by atoms with E-state index in [0.29, 0.717) is 13.2 Å². The second-order valence-corrected chi connectivity index (χ2v) is 4.32. The van der Waals surface area contributed by atoms with Crippen molar-refractivity contribution in [3.63, 3.8) is 0 Å². The average molecular weight is 223 g/mol. The number of nitrogens with two attached hydrogens (primary N) is 1. The quantitative estimate of drug-likeness (QED) is 0.802. The van der Waals surface area contributed by atoms with E-state index in [0.717, 1.165) is 12.2 Å². The fourth-order valence-electron chi connectivity index (χ4n) is 1.63. The van der Waals surface area contributed by atoms with Crippen molar-refractivity contribution in [2.75, 3.05) is 20.3 Å². The molecule has 0 amide bonds. The molecule has 3 heteroatoms. The summed E-state index contributed by atoms with van der Waals surface area (Å²) in [5.41, 5.74) is 7.00. The largest absolute Gasteiger partial charge is 0.497 e. The Balaban J connectivity index is 2.63. The molecule has 0 spiro atoms. The van der Waals surface area contributed by atoms with Crippen molar-refractivity contribution in [1.82, 2.24) is 0 Å². The minimum Gasteiger partial charge on any atom is -0.497 e. The molecule has 2 N–H and O–H groups in total. The molecule has 0 aliphatic carbocycles. The van der Waals surface area contributed by atoms with E-state index in [4.69, 9.17) is 15.2 Å². The van der Waals surface area contributed by atoms with E-state index in [1.807, 2.05) is 32.0 Å². The number of ether oxygens (including phenoxy) is 2. The van der Waals surface area contributed by atoms with Crippen molar-refractivity contribution >= 4 is 0 Å². The zero-order chi connectivity index (χ0) is 12.0. The monoisotopic (exact) mass is 223 g/mol. The van der Waals surface area contributed by atoms with E-state index in [1.165, 1.54) is 5.56 Å². The Morgan fingerprint density at radius 3 is 2.75 bits per heavy atom. The van der Waals surface area contributed by atoms with Gasteiger partial charge in [-0.15, -0.1) is 0 Å². The second-order valence-electron chi connectivity index (χ2n) is 4.32. The van der Waals surface area contributed by atoms with Crippen LogP contribution in [0, 0.1) is 0 Å². The summed E-state index contributed by atoms with van der Waals surface area (Å²) < 4.78 is 10.5. The number of hydrogen-bond acceptors (Lipinski definition) is 3. The maximum atomic E-state index is 6.16. The highest BCUT2D eigenvalue weighted by molar-refractivity contribution is 5.29. The van der Waals surface area contributed by atoms with Gasteiger partial charge in [0.15, 0.2) is 0 Å². The molecule has 0 heterocycles. The van der Waals surface area contributed by atoms with Gasteiger partial charge in [0.1, 0.15) is 5.75 Å². The van der Waals surface area contributed by atoms with E-state index in [-0.39, 0.29) is 5.54 Å². The maximum Gasteiger partial charge on any atom is 0.119 e. The SMILES string of the molecule is CCOCC(C)(N)Cc1cccc(OC)c1. The van der Waals surface area contributed by atoms with Crippen molar-refractivity contribution in [1.29, 1.82) is 0 Å². The highest BCUT2D eigenvalue weighted by Gasteiger charge is 2.19. The van der Waals surface area contributed by atoms with Gasteiger partial charge in [-0.3, -0.25) is 0 Å². The van der Waals surface area contributed by atoms with Crippen LogP contribution in [0.25, 0.3) is 0 Å². The van der Waals surface area contributed by atoms with Crippen LogP contribution in [-0.2, 0) is 11.2 Å². The summed E-state index contributed by atoms with van der Waals surface area (Å²) in [4.78, 5) is 0. The predicted molar refractivity (Wildman–Crippen MR) is 65.8 cm³/mol. The molecule has 0 aliphatic heterocycles. The van der Waals surface area contributed by atoms with E-state index in [2.05, 4.69) is 6.07 Å². The smallest absolute Gasteiger partial charge is 0.119 e. The van der Waals surface area contributed by atoms with Crippen molar-refractivity contribution < 1.29 is 9.47 Å². The summed E-state index contributed by atoms with van der Waals surface area (Å²) in [7, 11) is 1.67. The van der Waals surface area contributed by atoms with Crippen LogP contribution >= 0.6 is 0 Å². The summed E-state index contributed by atoms with van der Waals surface area (Å²) in [5.74, 6) is 0.865. The zero-order valence-electron chi connectivity index (χ0n) is 10.3. The van der Waals surface area contributed by atoms with Crippen molar-refractivity contribution in [3.8, 4) is 5.75 Å². The third-order valence-electron chi connectivity index (χ3n) is 2.38. The Morgan fingerprint density at radius 2 is 2.12 bits per heavy atom. The van der Waals surface area contributed by atoms with Crippen LogP contribution in [0.15, 0.2) is 24.3 Å². The molecule has 0 saturated carbocycles. The number of rotatable bonds is 6. The molecule has 0 aromatic heterocycles. The fourth-order valence-corrected chi connectivity index (χ4v) is 1.63. The summed E-state index contributed by atoms with van der Waals surface area (Å²) in [6, 6.07) is 7.97. The molecule has 90 valence electrons. The molecular formula is C13H21NO2. The molecule has 16 heavy (non-hydrogen) atoms. The van der Waals surface area contributed by atoms with Crippen LogP contribution in [0.5, 0.6) is 5.75 Å². The lowest BCUT2D eigenvalue weighted by molar-refractivity contribution is 0.101. The molecule has 1 atom stereocenters. The molecule has 1 rings (SSSR count). The van der Waals surface area contributed by atoms with Gasteiger partial charge in [0.2, 0.25) is 0 Å². The van der Waals surface area contributed by atoms with E-state index >= 15 is 0 Å². The van der Waals surface area contributed by atoms with E-state index in [9.17, 15) is 0 Å². The molecule has 1 unspecified atom stereocenters.